The second kappa shape index (κ2) is 9.43. The molecular formula is C21H20F3N3O3. The number of hydrogen-bond acceptors (Lipinski definition) is 4. The number of para-hydroxylation sites is 1. The largest absolute Gasteiger partial charge is 0.484 e. The molecule has 0 saturated heterocycles. The molecule has 0 aliphatic heterocycles. The minimum absolute atomic E-state index is 0.0883. The molecule has 0 radical (unpaired) electrons. The molecule has 0 bridgehead atoms. The molecule has 0 atom stereocenters. The van der Waals surface area contributed by atoms with E-state index in [-0.39, 0.29) is 30.2 Å². The lowest BCUT2D eigenvalue weighted by molar-refractivity contribution is -0.153. The SMILES string of the molecule is O=C(CCCc1nc2ccccc2c(=O)[nH]1)NCc1cccc(OCC(F)(F)F)c1. The molecule has 0 spiro atoms. The lowest BCUT2D eigenvalue weighted by Crippen LogP contribution is -2.23. The molecule has 3 rings (SSSR count). The van der Waals surface area contributed by atoms with Gasteiger partial charge in [-0.25, -0.2) is 4.98 Å². The molecule has 0 aliphatic rings. The molecule has 0 fully saturated rings. The summed E-state index contributed by atoms with van der Waals surface area (Å²) >= 11 is 0. The van der Waals surface area contributed by atoms with Crippen LogP contribution in [0.4, 0.5) is 13.2 Å². The number of alkyl halides is 3. The standard InChI is InChI=1S/C21H20F3N3O3/c22-21(23,24)13-30-15-6-3-5-14(11-15)12-25-19(28)10-4-9-18-26-17-8-2-1-7-16(17)20(29)27-18/h1-3,5-8,11H,4,9-10,12-13H2,(H,25,28)(H,26,27,29). The lowest BCUT2D eigenvalue weighted by Gasteiger charge is -2.11. The number of aryl methyl sites for hydroxylation is 1. The van der Waals surface area contributed by atoms with Crippen molar-refractivity contribution in [2.75, 3.05) is 6.61 Å². The van der Waals surface area contributed by atoms with Gasteiger partial charge in [-0.2, -0.15) is 13.2 Å². The molecule has 2 N–H and O–H groups in total. The molecule has 0 unspecified atom stereocenters. The van der Waals surface area contributed by atoms with Crippen molar-refractivity contribution < 1.29 is 22.7 Å². The van der Waals surface area contributed by atoms with Gasteiger partial charge in [0.2, 0.25) is 5.91 Å². The van der Waals surface area contributed by atoms with Crippen molar-refractivity contribution in [3.63, 3.8) is 0 Å². The number of ether oxygens (including phenoxy) is 1. The highest BCUT2D eigenvalue weighted by Gasteiger charge is 2.28. The monoisotopic (exact) mass is 419 g/mol. The number of carbonyl (C=O) groups excluding carboxylic acids is 1. The number of benzene rings is 2. The van der Waals surface area contributed by atoms with Crippen molar-refractivity contribution in [1.82, 2.24) is 15.3 Å². The zero-order valence-corrected chi connectivity index (χ0v) is 16.0. The second-order valence-corrected chi connectivity index (χ2v) is 6.71. The molecular weight excluding hydrogens is 399 g/mol. The third-order valence-corrected chi connectivity index (χ3v) is 4.27. The van der Waals surface area contributed by atoms with Crippen LogP contribution in [0.2, 0.25) is 0 Å². The first-order chi connectivity index (χ1) is 14.3. The Morgan fingerprint density at radius 1 is 1.13 bits per heavy atom. The topological polar surface area (TPSA) is 84.1 Å². The zero-order chi connectivity index (χ0) is 21.6. The highest BCUT2D eigenvalue weighted by Crippen LogP contribution is 2.19. The zero-order valence-electron chi connectivity index (χ0n) is 16.0. The number of H-pyrrole nitrogens is 1. The first-order valence-corrected chi connectivity index (χ1v) is 9.33. The molecule has 158 valence electrons. The third-order valence-electron chi connectivity index (χ3n) is 4.27. The Balaban J connectivity index is 1.46. The number of nitrogens with one attached hydrogen (secondary N) is 2. The normalized spacial score (nSPS) is 11.4. The molecule has 6 nitrogen and oxygen atoms in total. The summed E-state index contributed by atoms with van der Waals surface area (Å²) in [6.45, 7) is -1.19. The quantitative estimate of drug-likeness (QED) is 0.585. The maximum absolute atomic E-state index is 12.2. The molecule has 9 heteroatoms. The fourth-order valence-electron chi connectivity index (χ4n) is 2.87. The number of amides is 1. The van der Waals surface area contributed by atoms with Gasteiger partial charge in [-0.15, -0.1) is 0 Å². The maximum atomic E-state index is 12.2. The van der Waals surface area contributed by atoms with Gasteiger partial charge in [0.15, 0.2) is 6.61 Å². The highest BCUT2D eigenvalue weighted by atomic mass is 19.4. The molecule has 1 amide bonds. The number of nitrogens with zero attached hydrogens (tertiary/aromatic N) is 1. The first kappa shape index (κ1) is 21.4. The summed E-state index contributed by atoms with van der Waals surface area (Å²) in [5.41, 5.74) is 1.02. The van der Waals surface area contributed by atoms with Crippen LogP contribution >= 0.6 is 0 Å². The van der Waals surface area contributed by atoms with E-state index in [2.05, 4.69) is 15.3 Å². The van der Waals surface area contributed by atoms with Gasteiger partial charge in [0, 0.05) is 19.4 Å². The van der Waals surface area contributed by atoms with E-state index >= 15 is 0 Å². The van der Waals surface area contributed by atoms with Gasteiger partial charge in [0.1, 0.15) is 11.6 Å². The second-order valence-electron chi connectivity index (χ2n) is 6.71. The highest BCUT2D eigenvalue weighted by molar-refractivity contribution is 5.77. The van der Waals surface area contributed by atoms with Gasteiger partial charge in [-0.05, 0) is 36.2 Å². The summed E-state index contributed by atoms with van der Waals surface area (Å²) in [4.78, 5) is 31.2. The molecule has 1 aromatic heterocycles. The Morgan fingerprint density at radius 3 is 2.73 bits per heavy atom. The summed E-state index contributed by atoms with van der Waals surface area (Å²) in [6, 6.07) is 13.1. The van der Waals surface area contributed by atoms with E-state index in [1.165, 1.54) is 12.1 Å². The summed E-state index contributed by atoms with van der Waals surface area (Å²) in [6.07, 6.45) is -3.26. The van der Waals surface area contributed by atoms with Gasteiger partial charge in [0.25, 0.3) is 5.56 Å². The van der Waals surface area contributed by atoms with Gasteiger partial charge < -0.3 is 15.0 Å². The van der Waals surface area contributed by atoms with Gasteiger partial charge >= 0.3 is 6.18 Å². The molecule has 0 aliphatic carbocycles. The smallest absolute Gasteiger partial charge is 0.422 e. The van der Waals surface area contributed by atoms with Crippen LogP contribution in [0.25, 0.3) is 10.9 Å². The molecule has 30 heavy (non-hydrogen) atoms. The fourth-order valence-corrected chi connectivity index (χ4v) is 2.87. The number of hydrogen-bond donors (Lipinski definition) is 2. The summed E-state index contributed by atoms with van der Waals surface area (Å²) in [5, 5.41) is 3.23. The van der Waals surface area contributed by atoms with Gasteiger partial charge in [0.05, 0.1) is 10.9 Å². The summed E-state index contributed by atoms with van der Waals surface area (Å²) in [7, 11) is 0. The molecule has 2 aromatic carbocycles. The van der Waals surface area contributed by atoms with Crippen LogP contribution in [0.3, 0.4) is 0 Å². The van der Waals surface area contributed by atoms with Crippen molar-refractivity contribution in [2.24, 2.45) is 0 Å². The third kappa shape index (κ3) is 6.33. The van der Waals surface area contributed by atoms with E-state index in [9.17, 15) is 22.8 Å². The van der Waals surface area contributed by atoms with Crippen LogP contribution in [-0.2, 0) is 17.8 Å². The number of halogens is 3. The first-order valence-electron chi connectivity index (χ1n) is 9.33. The average Bonchev–Trinajstić information content (AvgIpc) is 2.71. The van der Waals surface area contributed by atoms with Crippen LogP contribution < -0.4 is 15.6 Å². The number of aromatic nitrogens is 2. The van der Waals surface area contributed by atoms with E-state index < -0.39 is 12.8 Å². The van der Waals surface area contributed by atoms with Crippen molar-refractivity contribution >= 4 is 16.8 Å². The Kier molecular flexibility index (Phi) is 6.71. The minimum atomic E-state index is -4.41. The number of fused-ring (bicyclic) bond motifs is 1. The summed E-state index contributed by atoms with van der Waals surface area (Å²) in [5.74, 6) is 0.395. The Labute approximate surface area is 170 Å². The van der Waals surface area contributed by atoms with Gasteiger partial charge in [-0.1, -0.05) is 24.3 Å². The van der Waals surface area contributed by atoms with E-state index in [0.717, 1.165) is 0 Å². The van der Waals surface area contributed by atoms with Gasteiger partial charge in [-0.3, -0.25) is 9.59 Å². The van der Waals surface area contributed by atoms with Crippen LogP contribution in [0.5, 0.6) is 5.75 Å². The van der Waals surface area contributed by atoms with Crippen molar-refractivity contribution in [2.45, 2.75) is 32.0 Å². The predicted molar refractivity (Wildman–Crippen MR) is 105 cm³/mol. The number of aromatic amines is 1. The number of carbonyl (C=O) groups is 1. The Morgan fingerprint density at radius 2 is 1.93 bits per heavy atom. The van der Waals surface area contributed by atoms with E-state index in [4.69, 9.17) is 4.74 Å². The van der Waals surface area contributed by atoms with Crippen LogP contribution in [0, 0.1) is 0 Å². The maximum Gasteiger partial charge on any atom is 0.422 e. The van der Waals surface area contributed by atoms with Crippen LogP contribution in [0.15, 0.2) is 53.3 Å². The van der Waals surface area contributed by atoms with Crippen molar-refractivity contribution in [1.29, 1.82) is 0 Å². The van der Waals surface area contributed by atoms with Crippen molar-refractivity contribution in [3.05, 3.63) is 70.3 Å². The summed E-state index contributed by atoms with van der Waals surface area (Å²) < 4.78 is 41.4. The minimum Gasteiger partial charge on any atom is -0.484 e. The van der Waals surface area contributed by atoms with Crippen molar-refractivity contribution in [3.8, 4) is 5.75 Å². The average molecular weight is 419 g/mol. The lowest BCUT2D eigenvalue weighted by atomic mass is 10.2. The molecule has 1 heterocycles. The Hall–Kier alpha value is -3.36. The molecule has 0 saturated carbocycles. The van der Waals surface area contributed by atoms with E-state index in [1.54, 1.807) is 36.4 Å². The predicted octanol–water partition coefficient (Wildman–Crippen LogP) is 3.50. The molecule has 3 aromatic rings. The fraction of sp³-hybridized carbons (Fsp3) is 0.286. The Bertz CT molecular complexity index is 1080. The van der Waals surface area contributed by atoms with E-state index in [0.29, 0.717) is 35.1 Å². The van der Waals surface area contributed by atoms with Crippen LogP contribution in [-0.4, -0.2) is 28.7 Å². The number of rotatable bonds is 8. The van der Waals surface area contributed by atoms with E-state index in [1.807, 2.05) is 0 Å². The van der Waals surface area contributed by atoms with Crippen LogP contribution in [0.1, 0.15) is 24.2 Å².